The number of rotatable bonds is 0. The lowest BCUT2D eigenvalue weighted by Gasteiger charge is -2.11. The second-order valence-electron chi connectivity index (χ2n) is 2.39. The van der Waals surface area contributed by atoms with Crippen molar-refractivity contribution in [2.24, 2.45) is 0 Å². The molecule has 0 bridgehead atoms. The molecule has 0 amide bonds. The Morgan fingerprint density at radius 3 is 2.36 bits per heavy atom. The van der Waals surface area contributed by atoms with Gasteiger partial charge in [0.2, 0.25) is 0 Å². The van der Waals surface area contributed by atoms with Gasteiger partial charge in [0.05, 0.1) is 16.1 Å². The van der Waals surface area contributed by atoms with Crippen LogP contribution in [0.3, 0.4) is 0 Å². The Bertz CT molecular complexity index is 408. The molecule has 0 aliphatic heterocycles. The molecule has 0 atom stereocenters. The first-order valence-electron chi connectivity index (χ1n) is 3.33. The Hall–Kier alpha value is -0.730. The smallest absolute Gasteiger partial charge is 0.192 e. The van der Waals surface area contributed by atoms with Gasteiger partial charge < -0.3 is 0 Å². The van der Waals surface area contributed by atoms with Gasteiger partial charge in [-0.05, 0) is 12.1 Å². The van der Waals surface area contributed by atoms with Crippen molar-refractivity contribution in [2.45, 2.75) is 6.18 Å². The summed E-state index contributed by atoms with van der Waals surface area (Å²) in [7, 11) is 0. The number of halogens is 5. The summed E-state index contributed by atoms with van der Waals surface area (Å²) < 4.78 is 37.0. The maximum absolute atomic E-state index is 12.4. The molecule has 0 fully saturated rings. The maximum Gasteiger partial charge on any atom is 0.418 e. The van der Waals surface area contributed by atoms with Crippen LogP contribution in [-0.4, -0.2) is 0 Å². The van der Waals surface area contributed by atoms with Crippen molar-refractivity contribution in [3.63, 3.8) is 0 Å². The average Bonchev–Trinajstić information content (AvgIpc) is 2.02. The Kier molecular flexibility index (Phi) is 3.07. The maximum atomic E-state index is 12.4. The second kappa shape index (κ2) is 3.79. The zero-order chi connectivity index (χ0) is 10.9. The Balaban J connectivity index is 3.50. The van der Waals surface area contributed by atoms with Crippen LogP contribution in [0, 0.1) is 11.3 Å². The highest BCUT2D eigenvalue weighted by Crippen LogP contribution is 2.40. The Labute approximate surface area is 91.2 Å². The number of benzene rings is 1. The van der Waals surface area contributed by atoms with Crippen molar-refractivity contribution in [1.29, 1.82) is 5.26 Å². The number of hydrogen-bond donors (Lipinski definition) is 0. The zero-order valence-electron chi connectivity index (χ0n) is 6.49. The molecule has 1 nitrogen and oxygen atoms in total. The molecule has 0 radical (unpaired) electrons. The van der Waals surface area contributed by atoms with E-state index in [0.29, 0.717) is 0 Å². The fraction of sp³-hybridized carbons (Fsp3) is 0.125. The molecular weight excluding hydrogens is 282 g/mol. The van der Waals surface area contributed by atoms with Crippen molar-refractivity contribution in [1.82, 2.24) is 0 Å². The second-order valence-corrected chi connectivity index (χ2v) is 3.63. The zero-order valence-corrected chi connectivity index (χ0v) is 8.83. The molecule has 0 aromatic heterocycles. The molecule has 1 aromatic carbocycles. The van der Waals surface area contributed by atoms with Gasteiger partial charge in [-0.3, -0.25) is 0 Å². The summed E-state index contributed by atoms with van der Waals surface area (Å²) in [5.41, 5.74) is -1.21. The predicted molar refractivity (Wildman–Crippen MR) is 48.9 cm³/mol. The van der Waals surface area contributed by atoms with Crippen molar-refractivity contribution < 1.29 is 13.2 Å². The summed E-state index contributed by atoms with van der Waals surface area (Å²) in [6.45, 7) is 0. The van der Waals surface area contributed by atoms with Crippen molar-refractivity contribution in [2.75, 3.05) is 0 Å². The molecule has 1 rings (SSSR count). The number of nitrogens with zero attached hydrogens (tertiary/aromatic N) is 1. The minimum Gasteiger partial charge on any atom is -0.192 e. The minimum atomic E-state index is -4.57. The SMILES string of the molecule is N#Cc1ccc(Br)c(C(F)(F)F)c1Cl. The summed E-state index contributed by atoms with van der Waals surface area (Å²) in [5.74, 6) is 0. The van der Waals surface area contributed by atoms with Crippen LogP contribution in [0.25, 0.3) is 0 Å². The van der Waals surface area contributed by atoms with E-state index < -0.39 is 16.8 Å². The highest BCUT2D eigenvalue weighted by atomic mass is 79.9. The van der Waals surface area contributed by atoms with E-state index in [2.05, 4.69) is 15.9 Å². The topological polar surface area (TPSA) is 23.8 Å². The standard InChI is InChI=1S/C8H2BrClF3N/c9-5-2-1-4(3-14)7(10)6(5)8(11,12)13/h1-2H. The van der Waals surface area contributed by atoms with Crippen molar-refractivity contribution in [3.8, 4) is 6.07 Å². The van der Waals surface area contributed by atoms with Crippen molar-refractivity contribution >= 4 is 27.5 Å². The summed E-state index contributed by atoms with van der Waals surface area (Å²) in [4.78, 5) is 0. The van der Waals surface area contributed by atoms with Gasteiger partial charge in [0.15, 0.2) is 0 Å². The van der Waals surface area contributed by atoms with Gasteiger partial charge >= 0.3 is 6.18 Å². The third-order valence-electron chi connectivity index (χ3n) is 1.50. The van der Waals surface area contributed by atoms with Crippen LogP contribution in [0.5, 0.6) is 0 Å². The van der Waals surface area contributed by atoms with Gasteiger partial charge in [-0.1, -0.05) is 27.5 Å². The van der Waals surface area contributed by atoms with Crippen LogP contribution >= 0.6 is 27.5 Å². The summed E-state index contributed by atoms with van der Waals surface area (Å²) in [6, 6.07) is 3.95. The minimum absolute atomic E-state index is 0.172. The van der Waals surface area contributed by atoms with Crippen LogP contribution < -0.4 is 0 Å². The molecule has 0 saturated carbocycles. The summed E-state index contributed by atoms with van der Waals surface area (Å²) in [5, 5.41) is 7.91. The van der Waals surface area contributed by atoms with E-state index in [1.54, 1.807) is 6.07 Å². The van der Waals surface area contributed by atoms with Gasteiger partial charge in [0.25, 0.3) is 0 Å². The van der Waals surface area contributed by atoms with E-state index in [1.165, 1.54) is 6.07 Å². The van der Waals surface area contributed by atoms with Gasteiger partial charge in [-0.15, -0.1) is 0 Å². The molecule has 0 N–H and O–H groups in total. The largest absolute Gasteiger partial charge is 0.418 e. The van der Waals surface area contributed by atoms with E-state index >= 15 is 0 Å². The van der Waals surface area contributed by atoms with E-state index in [4.69, 9.17) is 16.9 Å². The predicted octanol–water partition coefficient (Wildman–Crippen LogP) is 3.99. The molecule has 0 saturated heterocycles. The van der Waals surface area contributed by atoms with Gasteiger partial charge in [0, 0.05) is 4.47 Å². The summed E-state index contributed by atoms with van der Waals surface area (Å²) in [6.07, 6.45) is -4.57. The lowest BCUT2D eigenvalue weighted by atomic mass is 10.1. The lowest BCUT2D eigenvalue weighted by molar-refractivity contribution is -0.138. The molecule has 0 spiro atoms. The number of hydrogen-bond acceptors (Lipinski definition) is 1. The highest BCUT2D eigenvalue weighted by Gasteiger charge is 2.36. The van der Waals surface area contributed by atoms with E-state index in [9.17, 15) is 13.2 Å². The van der Waals surface area contributed by atoms with Crippen LogP contribution in [0.4, 0.5) is 13.2 Å². The van der Waals surface area contributed by atoms with Gasteiger partial charge in [0.1, 0.15) is 6.07 Å². The van der Waals surface area contributed by atoms with Crippen LogP contribution in [0.2, 0.25) is 5.02 Å². The number of alkyl halides is 3. The molecule has 1 aromatic rings. The van der Waals surface area contributed by atoms with Crippen molar-refractivity contribution in [3.05, 3.63) is 32.8 Å². The number of nitriles is 1. The fourth-order valence-electron chi connectivity index (χ4n) is 0.899. The quantitative estimate of drug-likeness (QED) is 0.706. The first-order valence-corrected chi connectivity index (χ1v) is 4.50. The highest BCUT2D eigenvalue weighted by molar-refractivity contribution is 9.10. The Morgan fingerprint density at radius 2 is 1.93 bits per heavy atom. The van der Waals surface area contributed by atoms with Gasteiger partial charge in [-0.25, -0.2) is 0 Å². The molecule has 6 heteroatoms. The van der Waals surface area contributed by atoms with E-state index in [1.807, 2.05) is 0 Å². The fourth-order valence-corrected chi connectivity index (χ4v) is 1.88. The first kappa shape index (κ1) is 11.3. The molecule has 0 aliphatic carbocycles. The molecule has 74 valence electrons. The molecular formula is C8H2BrClF3N. The third-order valence-corrected chi connectivity index (χ3v) is 2.55. The molecule has 0 unspecified atom stereocenters. The molecule has 14 heavy (non-hydrogen) atoms. The van der Waals surface area contributed by atoms with E-state index in [-0.39, 0.29) is 10.0 Å². The van der Waals surface area contributed by atoms with Crippen LogP contribution in [0.15, 0.2) is 16.6 Å². The Morgan fingerprint density at radius 1 is 1.36 bits per heavy atom. The molecule has 0 aliphatic rings. The average molecular weight is 284 g/mol. The van der Waals surface area contributed by atoms with Gasteiger partial charge in [-0.2, -0.15) is 18.4 Å². The first-order chi connectivity index (χ1) is 6.38. The third kappa shape index (κ3) is 2.02. The lowest BCUT2D eigenvalue weighted by Crippen LogP contribution is -2.07. The van der Waals surface area contributed by atoms with Crippen LogP contribution in [0.1, 0.15) is 11.1 Å². The van der Waals surface area contributed by atoms with Crippen LogP contribution in [-0.2, 0) is 6.18 Å². The van der Waals surface area contributed by atoms with E-state index in [0.717, 1.165) is 6.07 Å². The monoisotopic (exact) mass is 283 g/mol. The molecule has 0 heterocycles. The normalized spacial score (nSPS) is 11.1. The summed E-state index contributed by atoms with van der Waals surface area (Å²) >= 11 is 8.16.